The number of rotatable bonds is 2. The number of benzene rings is 1. The van der Waals surface area contributed by atoms with E-state index in [1.54, 1.807) is 12.4 Å². The SMILES string of the molecule is O=C1Nc2cccc(n2)-c2nncn2CCCOCc2ccc(-n3cnc(C4CC4)c3)cc21. The number of imidazole rings is 1. The summed E-state index contributed by atoms with van der Waals surface area (Å²) < 4.78 is 9.84. The minimum atomic E-state index is -0.235. The molecule has 9 heteroatoms. The average Bonchev–Trinajstić information content (AvgIpc) is 3.37. The number of carbonyl (C=O) groups is 1. The fourth-order valence-electron chi connectivity index (χ4n) is 4.08. The average molecular weight is 441 g/mol. The molecule has 4 aromatic rings. The molecule has 6 rings (SSSR count). The lowest BCUT2D eigenvalue weighted by Gasteiger charge is -2.14. The van der Waals surface area contributed by atoms with Crippen molar-refractivity contribution in [2.24, 2.45) is 0 Å². The van der Waals surface area contributed by atoms with Crippen LogP contribution in [0.2, 0.25) is 0 Å². The van der Waals surface area contributed by atoms with Gasteiger partial charge in [0.05, 0.1) is 18.6 Å². The number of carbonyl (C=O) groups excluding carboxylic acids is 1. The molecule has 1 aliphatic carbocycles. The molecule has 33 heavy (non-hydrogen) atoms. The van der Waals surface area contributed by atoms with Gasteiger partial charge in [-0.1, -0.05) is 12.1 Å². The second-order valence-electron chi connectivity index (χ2n) is 8.44. The number of ether oxygens (including phenoxy) is 1. The van der Waals surface area contributed by atoms with Gasteiger partial charge in [-0.25, -0.2) is 9.97 Å². The summed E-state index contributed by atoms with van der Waals surface area (Å²) in [5, 5.41) is 11.2. The third-order valence-electron chi connectivity index (χ3n) is 6.01. The van der Waals surface area contributed by atoms with Crippen LogP contribution in [-0.4, -0.2) is 41.8 Å². The first kappa shape index (κ1) is 19.8. The molecular weight excluding hydrogens is 418 g/mol. The Hall–Kier alpha value is -3.85. The van der Waals surface area contributed by atoms with Gasteiger partial charge < -0.3 is 19.2 Å². The highest BCUT2D eigenvalue weighted by molar-refractivity contribution is 6.05. The van der Waals surface area contributed by atoms with Gasteiger partial charge in [0, 0.05) is 36.5 Å². The lowest BCUT2D eigenvalue weighted by Crippen LogP contribution is -2.17. The molecule has 0 spiro atoms. The van der Waals surface area contributed by atoms with Crippen molar-refractivity contribution < 1.29 is 9.53 Å². The number of amides is 1. The smallest absolute Gasteiger partial charge is 0.257 e. The molecule has 0 unspecified atom stereocenters. The van der Waals surface area contributed by atoms with Crippen molar-refractivity contribution in [1.29, 1.82) is 0 Å². The maximum atomic E-state index is 13.3. The van der Waals surface area contributed by atoms with Crippen LogP contribution < -0.4 is 5.32 Å². The molecule has 1 aromatic carbocycles. The number of pyridine rings is 1. The predicted molar refractivity (Wildman–Crippen MR) is 121 cm³/mol. The van der Waals surface area contributed by atoms with Gasteiger partial charge in [-0.2, -0.15) is 0 Å². The molecule has 0 atom stereocenters. The minimum Gasteiger partial charge on any atom is -0.377 e. The Kier molecular flexibility index (Phi) is 4.95. The number of nitrogens with one attached hydrogen (secondary N) is 1. The van der Waals surface area contributed by atoms with Crippen molar-refractivity contribution >= 4 is 11.7 Å². The summed E-state index contributed by atoms with van der Waals surface area (Å²) in [6.45, 7) is 1.62. The lowest BCUT2D eigenvalue weighted by molar-refractivity contribution is 0.1000. The van der Waals surface area contributed by atoms with Crippen molar-refractivity contribution in [3.8, 4) is 17.2 Å². The number of aromatic nitrogens is 6. The lowest BCUT2D eigenvalue weighted by atomic mass is 10.1. The molecule has 9 nitrogen and oxygen atoms in total. The first-order valence-electron chi connectivity index (χ1n) is 11.2. The highest BCUT2D eigenvalue weighted by Crippen LogP contribution is 2.39. The molecule has 4 heterocycles. The Balaban J connectivity index is 1.36. The third-order valence-corrected chi connectivity index (χ3v) is 6.01. The summed E-state index contributed by atoms with van der Waals surface area (Å²) in [5.41, 5.74) is 4.04. The summed E-state index contributed by atoms with van der Waals surface area (Å²) >= 11 is 0. The van der Waals surface area contributed by atoms with E-state index in [1.165, 1.54) is 12.8 Å². The number of hydrogen-bond donors (Lipinski definition) is 1. The fraction of sp³-hybridized carbons (Fsp3) is 0.292. The second kappa shape index (κ2) is 8.25. The molecule has 2 aliphatic rings. The van der Waals surface area contributed by atoms with Gasteiger partial charge in [0.25, 0.3) is 5.91 Å². The summed E-state index contributed by atoms with van der Waals surface area (Å²) in [5.74, 6) is 1.46. The Morgan fingerprint density at radius 1 is 1.12 bits per heavy atom. The quantitative estimate of drug-likeness (QED) is 0.510. The zero-order valence-electron chi connectivity index (χ0n) is 18.0. The molecule has 1 N–H and O–H groups in total. The van der Waals surface area contributed by atoms with Crippen LogP contribution in [0.3, 0.4) is 0 Å². The second-order valence-corrected chi connectivity index (χ2v) is 8.44. The van der Waals surface area contributed by atoms with Gasteiger partial charge in [0.15, 0.2) is 5.82 Å². The number of hydrogen-bond acceptors (Lipinski definition) is 6. The summed E-state index contributed by atoms with van der Waals surface area (Å²) in [6, 6.07) is 11.3. The van der Waals surface area contributed by atoms with Crippen LogP contribution in [0.15, 0.2) is 55.2 Å². The predicted octanol–water partition coefficient (Wildman–Crippen LogP) is 3.58. The molecule has 166 valence electrons. The number of anilines is 1. The summed E-state index contributed by atoms with van der Waals surface area (Å²) in [4.78, 5) is 22.5. The molecule has 2 bridgehead atoms. The largest absolute Gasteiger partial charge is 0.377 e. The normalized spacial score (nSPS) is 16.4. The Bertz CT molecular complexity index is 1320. The Labute approximate surface area is 190 Å². The van der Waals surface area contributed by atoms with E-state index >= 15 is 0 Å². The first-order valence-corrected chi connectivity index (χ1v) is 11.2. The number of nitrogens with zero attached hydrogens (tertiary/aromatic N) is 6. The van der Waals surface area contributed by atoms with Crippen LogP contribution in [0.25, 0.3) is 17.2 Å². The molecule has 3 aromatic heterocycles. The zero-order valence-corrected chi connectivity index (χ0v) is 18.0. The van der Waals surface area contributed by atoms with E-state index in [9.17, 15) is 4.79 Å². The first-order chi connectivity index (χ1) is 16.2. The van der Waals surface area contributed by atoms with E-state index in [4.69, 9.17) is 4.74 Å². The maximum absolute atomic E-state index is 13.3. The van der Waals surface area contributed by atoms with Crippen molar-refractivity contribution in [2.75, 3.05) is 11.9 Å². The van der Waals surface area contributed by atoms with Gasteiger partial charge in [0.2, 0.25) is 0 Å². The number of aryl methyl sites for hydroxylation is 1. The van der Waals surface area contributed by atoms with Crippen LogP contribution in [0.1, 0.15) is 46.8 Å². The van der Waals surface area contributed by atoms with Crippen LogP contribution in [0.5, 0.6) is 0 Å². The van der Waals surface area contributed by atoms with Gasteiger partial charge in [-0.05, 0) is 49.1 Å². The minimum absolute atomic E-state index is 0.235. The Morgan fingerprint density at radius 2 is 2.06 bits per heavy atom. The molecule has 1 fully saturated rings. The molecule has 1 amide bonds. The molecular formula is C24H23N7O2. The van der Waals surface area contributed by atoms with E-state index in [2.05, 4.69) is 31.7 Å². The standard InChI is InChI=1S/C24H23N7O2/c32-24-19-11-18(31-12-21(25-14-31)16-5-6-16)8-7-17(19)13-33-10-2-9-30-15-26-29-23(30)20-3-1-4-22(27-20)28-24/h1,3-4,7-8,11-12,14-16H,2,5-6,9-10,13H2,(H,27,28,32). The van der Waals surface area contributed by atoms with E-state index < -0.39 is 0 Å². The number of fused-ring (bicyclic) bond motifs is 5. The van der Waals surface area contributed by atoms with E-state index in [-0.39, 0.29) is 5.91 Å². The molecule has 1 aliphatic heterocycles. The van der Waals surface area contributed by atoms with Crippen molar-refractivity contribution in [2.45, 2.75) is 38.3 Å². The van der Waals surface area contributed by atoms with E-state index in [0.29, 0.717) is 42.0 Å². The zero-order chi connectivity index (χ0) is 22.2. The third kappa shape index (κ3) is 4.03. The molecule has 0 saturated heterocycles. The van der Waals surface area contributed by atoms with Crippen LogP contribution in [0.4, 0.5) is 5.82 Å². The molecule has 1 saturated carbocycles. The topological polar surface area (TPSA) is 99.8 Å². The summed E-state index contributed by atoms with van der Waals surface area (Å²) in [6.07, 6.45) is 8.75. The van der Waals surface area contributed by atoms with Crippen molar-refractivity contribution in [1.82, 2.24) is 29.3 Å². The maximum Gasteiger partial charge on any atom is 0.257 e. The highest BCUT2D eigenvalue weighted by atomic mass is 16.5. The van der Waals surface area contributed by atoms with E-state index in [0.717, 1.165) is 29.9 Å². The van der Waals surface area contributed by atoms with Crippen LogP contribution in [-0.2, 0) is 17.9 Å². The van der Waals surface area contributed by atoms with Gasteiger partial charge >= 0.3 is 0 Å². The Morgan fingerprint density at radius 3 is 2.97 bits per heavy atom. The van der Waals surface area contributed by atoms with Gasteiger partial charge in [0.1, 0.15) is 17.8 Å². The fourth-order valence-corrected chi connectivity index (χ4v) is 4.08. The summed E-state index contributed by atoms with van der Waals surface area (Å²) in [7, 11) is 0. The molecule has 0 radical (unpaired) electrons. The van der Waals surface area contributed by atoms with Gasteiger partial charge in [-0.3, -0.25) is 4.79 Å². The van der Waals surface area contributed by atoms with Crippen molar-refractivity contribution in [3.05, 3.63) is 72.1 Å². The van der Waals surface area contributed by atoms with Crippen LogP contribution >= 0.6 is 0 Å². The van der Waals surface area contributed by atoms with Crippen LogP contribution in [0, 0.1) is 0 Å². The highest BCUT2D eigenvalue weighted by Gasteiger charge is 2.26. The van der Waals surface area contributed by atoms with Crippen molar-refractivity contribution in [3.63, 3.8) is 0 Å². The van der Waals surface area contributed by atoms with Gasteiger partial charge in [-0.15, -0.1) is 10.2 Å². The monoisotopic (exact) mass is 441 g/mol. The van der Waals surface area contributed by atoms with E-state index in [1.807, 2.05) is 45.8 Å².